The lowest BCUT2D eigenvalue weighted by molar-refractivity contribution is -0.128. The second-order valence-corrected chi connectivity index (χ2v) is 4.79. The van der Waals surface area contributed by atoms with Crippen LogP contribution >= 0.6 is 11.8 Å². The van der Waals surface area contributed by atoms with E-state index in [1.54, 1.807) is 0 Å². The lowest BCUT2D eigenvalue weighted by Gasteiger charge is -2.20. The summed E-state index contributed by atoms with van der Waals surface area (Å²) in [5.74, 6) is 6.23. The zero-order chi connectivity index (χ0) is 11.5. The summed E-state index contributed by atoms with van der Waals surface area (Å²) in [6, 6.07) is 0. The first-order valence-corrected chi connectivity index (χ1v) is 5.47. The van der Waals surface area contributed by atoms with Gasteiger partial charge in [-0.2, -0.15) is 0 Å². The number of hydrogen-bond donors (Lipinski definition) is 3. The predicted octanol–water partition coefficient (Wildman–Crippen LogP) is 0.221. The standard InChI is InChI=1S/C8H15N5OS/c1-5-10-7(13-12-5)15-4-8(2,3)6(14)11-9/h4,9H2,1-3H3,(H,11,14)(H,10,12,13). The topological polar surface area (TPSA) is 96.7 Å². The van der Waals surface area contributed by atoms with Crippen LogP contribution in [0.1, 0.15) is 19.7 Å². The average Bonchev–Trinajstić information content (AvgIpc) is 2.60. The molecule has 0 aromatic carbocycles. The number of aryl methyl sites for hydroxylation is 1. The monoisotopic (exact) mass is 229 g/mol. The lowest BCUT2D eigenvalue weighted by Crippen LogP contribution is -2.42. The number of nitrogens with zero attached hydrogens (tertiary/aromatic N) is 2. The Morgan fingerprint density at radius 1 is 1.67 bits per heavy atom. The molecule has 0 saturated carbocycles. The van der Waals surface area contributed by atoms with Gasteiger partial charge in [0.2, 0.25) is 11.1 Å². The second kappa shape index (κ2) is 4.63. The van der Waals surface area contributed by atoms with Crippen molar-refractivity contribution >= 4 is 17.7 Å². The molecule has 1 heterocycles. The van der Waals surface area contributed by atoms with E-state index in [1.165, 1.54) is 11.8 Å². The van der Waals surface area contributed by atoms with Crippen LogP contribution in [0.2, 0.25) is 0 Å². The van der Waals surface area contributed by atoms with Crippen molar-refractivity contribution in [1.29, 1.82) is 0 Å². The summed E-state index contributed by atoms with van der Waals surface area (Å²) in [5.41, 5.74) is 1.61. The summed E-state index contributed by atoms with van der Waals surface area (Å²) < 4.78 is 0. The van der Waals surface area contributed by atoms with Crippen LogP contribution in [0, 0.1) is 12.3 Å². The SMILES string of the molecule is Cc1nc(SCC(C)(C)C(=O)NN)n[nH]1. The van der Waals surface area contributed by atoms with E-state index in [4.69, 9.17) is 5.84 Å². The first kappa shape index (κ1) is 12.0. The fraction of sp³-hybridized carbons (Fsp3) is 0.625. The van der Waals surface area contributed by atoms with E-state index in [1.807, 2.05) is 20.8 Å². The minimum absolute atomic E-state index is 0.192. The molecule has 84 valence electrons. The van der Waals surface area contributed by atoms with Crippen LogP contribution in [-0.2, 0) is 4.79 Å². The average molecular weight is 229 g/mol. The Balaban J connectivity index is 2.53. The summed E-state index contributed by atoms with van der Waals surface area (Å²) in [4.78, 5) is 15.5. The third-order valence-electron chi connectivity index (χ3n) is 1.88. The second-order valence-electron chi connectivity index (χ2n) is 3.85. The molecule has 0 aliphatic heterocycles. The molecule has 0 fully saturated rings. The van der Waals surface area contributed by atoms with Gasteiger partial charge in [0.15, 0.2) is 0 Å². The van der Waals surface area contributed by atoms with Gasteiger partial charge in [0.1, 0.15) is 5.82 Å². The van der Waals surface area contributed by atoms with Gasteiger partial charge in [0, 0.05) is 5.75 Å². The van der Waals surface area contributed by atoms with E-state index in [9.17, 15) is 4.79 Å². The van der Waals surface area contributed by atoms with Gasteiger partial charge in [-0.15, -0.1) is 5.10 Å². The van der Waals surface area contributed by atoms with E-state index in [2.05, 4.69) is 20.6 Å². The van der Waals surface area contributed by atoms with Crippen molar-refractivity contribution in [1.82, 2.24) is 20.6 Å². The molecule has 4 N–H and O–H groups in total. The van der Waals surface area contributed by atoms with Crippen molar-refractivity contribution in [2.24, 2.45) is 11.3 Å². The number of H-pyrrole nitrogens is 1. The van der Waals surface area contributed by atoms with E-state index < -0.39 is 5.41 Å². The Labute approximate surface area is 92.4 Å². The minimum Gasteiger partial charge on any atom is -0.294 e. The Morgan fingerprint density at radius 3 is 2.80 bits per heavy atom. The van der Waals surface area contributed by atoms with Gasteiger partial charge in [-0.3, -0.25) is 15.3 Å². The van der Waals surface area contributed by atoms with Gasteiger partial charge in [-0.1, -0.05) is 25.6 Å². The van der Waals surface area contributed by atoms with Crippen LogP contribution in [0.4, 0.5) is 0 Å². The van der Waals surface area contributed by atoms with Crippen LogP contribution in [0.25, 0.3) is 0 Å². The van der Waals surface area contributed by atoms with Crippen LogP contribution in [0.5, 0.6) is 0 Å². The number of thioether (sulfide) groups is 1. The summed E-state index contributed by atoms with van der Waals surface area (Å²) in [6.45, 7) is 5.47. The number of aromatic nitrogens is 3. The number of aromatic amines is 1. The predicted molar refractivity (Wildman–Crippen MR) is 58.0 cm³/mol. The zero-order valence-electron chi connectivity index (χ0n) is 9.00. The van der Waals surface area contributed by atoms with Crippen LogP contribution in [0.15, 0.2) is 5.16 Å². The number of carbonyl (C=O) groups excluding carboxylic acids is 1. The maximum atomic E-state index is 11.4. The van der Waals surface area contributed by atoms with Gasteiger partial charge in [0.25, 0.3) is 0 Å². The first-order valence-electron chi connectivity index (χ1n) is 4.48. The zero-order valence-corrected chi connectivity index (χ0v) is 9.81. The van der Waals surface area contributed by atoms with E-state index in [0.29, 0.717) is 10.9 Å². The molecule has 15 heavy (non-hydrogen) atoms. The van der Waals surface area contributed by atoms with Gasteiger partial charge in [0.05, 0.1) is 5.41 Å². The highest BCUT2D eigenvalue weighted by Crippen LogP contribution is 2.25. The molecule has 6 nitrogen and oxygen atoms in total. The number of nitrogens with one attached hydrogen (secondary N) is 2. The molecule has 0 spiro atoms. The molecule has 1 aromatic heterocycles. The molecule has 0 unspecified atom stereocenters. The number of amides is 1. The molecule has 1 aromatic rings. The smallest absolute Gasteiger partial charge is 0.240 e. The fourth-order valence-corrected chi connectivity index (χ4v) is 1.83. The largest absolute Gasteiger partial charge is 0.294 e. The molecule has 1 rings (SSSR count). The molecular weight excluding hydrogens is 214 g/mol. The highest BCUT2D eigenvalue weighted by molar-refractivity contribution is 7.99. The van der Waals surface area contributed by atoms with Crippen molar-refractivity contribution in [3.8, 4) is 0 Å². The third-order valence-corrected chi connectivity index (χ3v) is 3.19. The summed E-state index contributed by atoms with van der Waals surface area (Å²) in [7, 11) is 0. The summed E-state index contributed by atoms with van der Waals surface area (Å²) >= 11 is 1.42. The highest BCUT2D eigenvalue weighted by Gasteiger charge is 2.27. The number of nitrogens with two attached hydrogens (primary N) is 1. The van der Waals surface area contributed by atoms with Crippen LogP contribution < -0.4 is 11.3 Å². The number of rotatable bonds is 4. The Hall–Kier alpha value is -1.08. The Bertz CT molecular complexity index is 349. The highest BCUT2D eigenvalue weighted by atomic mass is 32.2. The lowest BCUT2D eigenvalue weighted by atomic mass is 9.96. The van der Waals surface area contributed by atoms with Crippen molar-refractivity contribution in [3.05, 3.63) is 5.82 Å². The maximum Gasteiger partial charge on any atom is 0.240 e. The van der Waals surface area contributed by atoms with Crippen molar-refractivity contribution in [2.75, 3.05) is 5.75 Å². The fourth-order valence-electron chi connectivity index (χ4n) is 0.893. The summed E-state index contributed by atoms with van der Waals surface area (Å²) in [6.07, 6.45) is 0. The van der Waals surface area contributed by atoms with E-state index in [0.717, 1.165) is 5.82 Å². The van der Waals surface area contributed by atoms with Crippen molar-refractivity contribution < 1.29 is 4.79 Å². The normalized spacial score (nSPS) is 11.5. The Morgan fingerprint density at radius 2 is 2.33 bits per heavy atom. The quantitative estimate of drug-likeness (QED) is 0.297. The molecule has 0 aliphatic carbocycles. The molecule has 0 bridgehead atoms. The molecule has 0 radical (unpaired) electrons. The van der Waals surface area contributed by atoms with Crippen molar-refractivity contribution in [2.45, 2.75) is 25.9 Å². The first-order chi connectivity index (χ1) is 6.95. The Kier molecular flexibility index (Phi) is 3.70. The van der Waals surface area contributed by atoms with Crippen molar-refractivity contribution in [3.63, 3.8) is 0 Å². The molecule has 0 aliphatic rings. The van der Waals surface area contributed by atoms with E-state index in [-0.39, 0.29) is 5.91 Å². The molecule has 1 amide bonds. The van der Waals surface area contributed by atoms with Gasteiger partial charge in [-0.05, 0) is 6.92 Å². The maximum absolute atomic E-state index is 11.4. The molecule has 0 atom stereocenters. The third kappa shape index (κ3) is 3.21. The molecular formula is C8H15N5OS. The van der Waals surface area contributed by atoms with E-state index >= 15 is 0 Å². The summed E-state index contributed by atoms with van der Waals surface area (Å²) in [5, 5.41) is 7.35. The number of hydrogen-bond acceptors (Lipinski definition) is 5. The van der Waals surface area contributed by atoms with Crippen LogP contribution in [-0.4, -0.2) is 26.8 Å². The molecule has 7 heteroatoms. The van der Waals surface area contributed by atoms with Gasteiger partial charge in [-0.25, -0.2) is 10.8 Å². The molecule has 0 saturated heterocycles. The van der Waals surface area contributed by atoms with Gasteiger partial charge >= 0.3 is 0 Å². The number of hydrazine groups is 1. The number of carbonyl (C=O) groups is 1. The minimum atomic E-state index is -0.534. The van der Waals surface area contributed by atoms with Crippen LogP contribution in [0.3, 0.4) is 0 Å². The van der Waals surface area contributed by atoms with Gasteiger partial charge < -0.3 is 0 Å².